The first-order chi connectivity index (χ1) is 9.74. The minimum atomic E-state index is 0.760. The van der Waals surface area contributed by atoms with Crippen molar-refractivity contribution in [2.75, 3.05) is 20.1 Å². The molecule has 0 saturated carbocycles. The van der Waals surface area contributed by atoms with Gasteiger partial charge in [0.1, 0.15) is 0 Å². The van der Waals surface area contributed by atoms with E-state index in [-0.39, 0.29) is 0 Å². The number of likely N-dealkylation sites (tertiary alicyclic amines) is 1. The second-order valence-corrected chi connectivity index (χ2v) is 7.06. The van der Waals surface area contributed by atoms with E-state index in [0.717, 1.165) is 25.4 Å². The molecule has 3 nitrogen and oxygen atoms in total. The van der Waals surface area contributed by atoms with Gasteiger partial charge in [0, 0.05) is 30.4 Å². The fourth-order valence-electron chi connectivity index (χ4n) is 3.00. The first kappa shape index (κ1) is 15.9. The van der Waals surface area contributed by atoms with Gasteiger partial charge in [-0.1, -0.05) is 19.8 Å². The van der Waals surface area contributed by atoms with Crippen molar-refractivity contribution in [1.29, 1.82) is 0 Å². The molecule has 1 unspecified atom stereocenters. The number of piperidine rings is 1. The van der Waals surface area contributed by atoms with E-state index in [9.17, 15) is 0 Å². The van der Waals surface area contributed by atoms with Crippen LogP contribution in [0.3, 0.4) is 0 Å². The zero-order valence-electron chi connectivity index (χ0n) is 13.2. The molecule has 2 heterocycles. The Labute approximate surface area is 127 Å². The van der Waals surface area contributed by atoms with Gasteiger partial charge in [-0.05, 0) is 39.8 Å². The molecule has 1 N–H and O–H groups in total. The van der Waals surface area contributed by atoms with Gasteiger partial charge in [0.15, 0.2) is 0 Å². The normalized spacial score (nSPS) is 20.4. The molecule has 4 heteroatoms. The molecular weight excluding hydrogens is 266 g/mol. The molecule has 1 aromatic rings. The van der Waals surface area contributed by atoms with Crippen molar-refractivity contribution < 1.29 is 0 Å². The highest BCUT2D eigenvalue weighted by molar-refractivity contribution is 7.11. The third kappa shape index (κ3) is 4.27. The van der Waals surface area contributed by atoms with Crippen molar-refractivity contribution in [3.63, 3.8) is 0 Å². The Morgan fingerprint density at radius 1 is 1.35 bits per heavy atom. The lowest BCUT2D eigenvalue weighted by atomic mass is 10.0. The summed E-state index contributed by atoms with van der Waals surface area (Å²) in [5, 5.41) is 4.60. The van der Waals surface area contributed by atoms with Crippen molar-refractivity contribution in [3.8, 4) is 0 Å². The summed E-state index contributed by atoms with van der Waals surface area (Å²) in [6.07, 6.45) is 7.56. The Bertz CT molecular complexity index is 379. The van der Waals surface area contributed by atoms with Crippen LogP contribution in [0.2, 0.25) is 0 Å². The Hall–Kier alpha value is -0.450. The summed E-state index contributed by atoms with van der Waals surface area (Å²) < 4.78 is 0. The number of aryl methyl sites for hydroxylation is 1. The lowest BCUT2D eigenvalue weighted by Crippen LogP contribution is -2.38. The number of nitrogens with one attached hydrogen (secondary N) is 1. The highest BCUT2D eigenvalue weighted by Gasteiger charge is 2.18. The van der Waals surface area contributed by atoms with Crippen LogP contribution < -0.4 is 5.32 Å². The first-order valence-corrected chi connectivity index (χ1v) is 8.92. The monoisotopic (exact) mass is 295 g/mol. The average Bonchev–Trinajstić information content (AvgIpc) is 2.81. The average molecular weight is 295 g/mol. The van der Waals surface area contributed by atoms with Crippen molar-refractivity contribution in [3.05, 3.63) is 15.6 Å². The number of rotatable bonds is 7. The van der Waals surface area contributed by atoms with Crippen LogP contribution in [0.4, 0.5) is 0 Å². The smallest absolute Gasteiger partial charge is 0.0944 e. The van der Waals surface area contributed by atoms with Crippen LogP contribution in [-0.4, -0.2) is 36.1 Å². The van der Waals surface area contributed by atoms with Crippen LogP contribution >= 0.6 is 11.3 Å². The van der Waals surface area contributed by atoms with E-state index in [1.807, 2.05) is 18.4 Å². The summed E-state index contributed by atoms with van der Waals surface area (Å²) in [5.41, 5.74) is 1.33. The summed E-state index contributed by atoms with van der Waals surface area (Å²) in [5.74, 6) is 0. The van der Waals surface area contributed by atoms with Crippen LogP contribution in [0.25, 0.3) is 0 Å². The fraction of sp³-hybridized carbons (Fsp3) is 0.812. The number of nitrogens with zero attached hydrogens (tertiary/aromatic N) is 2. The Balaban J connectivity index is 1.93. The molecule has 0 radical (unpaired) electrons. The highest BCUT2D eigenvalue weighted by atomic mass is 32.1. The molecule has 0 aromatic carbocycles. The van der Waals surface area contributed by atoms with Crippen LogP contribution in [0.1, 0.15) is 55.1 Å². The fourth-order valence-corrected chi connectivity index (χ4v) is 4.12. The zero-order chi connectivity index (χ0) is 14.4. The maximum Gasteiger partial charge on any atom is 0.0944 e. The van der Waals surface area contributed by atoms with E-state index in [4.69, 9.17) is 4.98 Å². The van der Waals surface area contributed by atoms with E-state index < -0.39 is 0 Å². The summed E-state index contributed by atoms with van der Waals surface area (Å²) in [6, 6.07) is 0.760. The van der Waals surface area contributed by atoms with Crippen molar-refractivity contribution in [2.24, 2.45) is 0 Å². The first-order valence-electron chi connectivity index (χ1n) is 8.10. The molecular formula is C16H29N3S. The molecule has 1 aromatic heterocycles. The summed E-state index contributed by atoms with van der Waals surface area (Å²) in [4.78, 5) is 8.96. The number of thiazole rings is 1. The molecule has 1 aliphatic heterocycles. The lowest BCUT2D eigenvalue weighted by molar-refractivity contribution is 0.163. The number of hydrogen-bond acceptors (Lipinski definition) is 4. The van der Waals surface area contributed by atoms with Crippen LogP contribution in [0.5, 0.6) is 0 Å². The Morgan fingerprint density at radius 2 is 2.20 bits per heavy atom. The number of hydrogen-bond donors (Lipinski definition) is 1. The van der Waals surface area contributed by atoms with Gasteiger partial charge in [-0.25, -0.2) is 4.98 Å². The standard InChI is InChI=1S/C16H29N3S/c1-4-7-14-15(12-17-3)20-16(18-14)9-11-19-10-6-5-8-13(19)2/h13,17H,4-12H2,1-3H3. The van der Waals surface area contributed by atoms with E-state index in [1.165, 1.54) is 54.4 Å². The van der Waals surface area contributed by atoms with Gasteiger partial charge in [0.25, 0.3) is 0 Å². The van der Waals surface area contributed by atoms with Gasteiger partial charge in [0.2, 0.25) is 0 Å². The topological polar surface area (TPSA) is 28.2 Å². The minimum Gasteiger partial charge on any atom is -0.315 e. The maximum atomic E-state index is 4.88. The lowest BCUT2D eigenvalue weighted by Gasteiger charge is -2.33. The third-order valence-electron chi connectivity index (χ3n) is 4.20. The number of aromatic nitrogens is 1. The molecule has 1 aliphatic rings. The molecule has 0 aliphatic carbocycles. The Morgan fingerprint density at radius 3 is 2.90 bits per heavy atom. The van der Waals surface area contributed by atoms with E-state index in [0.29, 0.717) is 0 Å². The zero-order valence-corrected chi connectivity index (χ0v) is 14.1. The Kier molecular flexibility index (Phi) is 6.46. The highest BCUT2D eigenvalue weighted by Crippen LogP contribution is 2.22. The summed E-state index contributed by atoms with van der Waals surface area (Å²) in [7, 11) is 2.02. The van der Waals surface area contributed by atoms with Crippen molar-refractivity contribution >= 4 is 11.3 Å². The molecule has 0 amide bonds. The van der Waals surface area contributed by atoms with Gasteiger partial charge < -0.3 is 10.2 Å². The molecule has 114 valence electrons. The molecule has 1 saturated heterocycles. The van der Waals surface area contributed by atoms with Gasteiger partial charge >= 0.3 is 0 Å². The van der Waals surface area contributed by atoms with E-state index in [2.05, 4.69) is 24.1 Å². The third-order valence-corrected chi connectivity index (χ3v) is 5.36. The quantitative estimate of drug-likeness (QED) is 0.837. The van der Waals surface area contributed by atoms with Crippen LogP contribution in [-0.2, 0) is 19.4 Å². The second-order valence-electron chi connectivity index (χ2n) is 5.89. The largest absolute Gasteiger partial charge is 0.315 e. The van der Waals surface area contributed by atoms with E-state index >= 15 is 0 Å². The van der Waals surface area contributed by atoms with E-state index in [1.54, 1.807) is 0 Å². The summed E-state index contributed by atoms with van der Waals surface area (Å²) >= 11 is 1.91. The molecule has 2 rings (SSSR count). The second kappa shape index (κ2) is 8.11. The molecule has 0 bridgehead atoms. The van der Waals surface area contributed by atoms with Gasteiger partial charge in [-0.2, -0.15) is 0 Å². The van der Waals surface area contributed by atoms with Crippen LogP contribution in [0, 0.1) is 0 Å². The molecule has 20 heavy (non-hydrogen) atoms. The SMILES string of the molecule is CCCc1nc(CCN2CCCCC2C)sc1CNC. The predicted molar refractivity (Wildman–Crippen MR) is 87.5 cm³/mol. The van der Waals surface area contributed by atoms with Crippen LogP contribution in [0.15, 0.2) is 0 Å². The van der Waals surface area contributed by atoms with Crippen molar-refractivity contribution in [2.45, 2.75) is 65.0 Å². The minimum absolute atomic E-state index is 0.760. The maximum absolute atomic E-state index is 4.88. The summed E-state index contributed by atoms with van der Waals surface area (Å²) in [6.45, 7) is 8.03. The van der Waals surface area contributed by atoms with Gasteiger partial charge in [0.05, 0.1) is 10.7 Å². The van der Waals surface area contributed by atoms with Gasteiger partial charge in [-0.15, -0.1) is 11.3 Å². The van der Waals surface area contributed by atoms with Crippen molar-refractivity contribution in [1.82, 2.24) is 15.2 Å². The molecule has 0 spiro atoms. The predicted octanol–water partition coefficient (Wildman–Crippen LogP) is 3.23. The molecule has 1 fully saturated rings. The molecule has 1 atom stereocenters. The van der Waals surface area contributed by atoms with Gasteiger partial charge in [-0.3, -0.25) is 0 Å².